The van der Waals surface area contributed by atoms with Crippen LogP contribution in [-0.4, -0.2) is 30.6 Å². The number of unbranched alkanes of at least 4 members (excludes halogenated alkanes) is 2. The average Bonchev–Trinajstić information content (AvgIpc) is 2.64. The molecular formula is C20H30F2N2O2. The normalized spacial score (nSPS) is 15.2. The summed E-state index contributed by atoms with van der Waals surface area (Å²) in [5, 5.41) is 0. The molecule has 1 aromatic rings. The Kier molecular flexibility index (Phi) is 10.1. The van der Waals surface area contributed by atoms with E-state index < -0.39 is 24.0 Å². The van der Waals surface area contributed by atoms with Crippen molar-refractivity contribution in [2.45, 2.75) is 63.5 Å². The van der Waals surface area contributed by atoms with Gasteiger partial charge < -0.3 is 16.2 Å². The number of carbonyl (C=O) groups excluding carboxylic acids is 1. The summed E-state index contributed by atoms with van der Waals surface area (Å²) in [5.41, 5.74) is 9.67. The smallest absolute Gasteiger partial charge is 0.332 e. The summed E-state index contributed by atoms with van der Waals surface area (Å²) in [7, 11) is 0. The Hall–Kier alpha value is -1.79. The lowest BCUT2D eigenvalue weighted by molar-refractivity contribution is -0.160. The minimum absolute atomic E-state index is 0.187. The number of carbonyl (C=O) groups is 1. The molecule has 6 heteroatoms. The van der Waals surface area contributed by atoms with Gasteiger partial charge in [0.2, 0.25) is 0 Å². The lowest BCUT2D eigenvalue weighted by Crippen LogP contribution is -2.56. The van der Waals surface area contributed by atoms with Crippen LogP contribution in [0.3, 0.4) is 0 Å². The number of nitrogens with two attached hydrogens (primary N) is 2. The predicted molar refractivity (Wildman–Crippen MR) is 101 cm³/mol. The Bertz CT molecular complexity index is 552. The molecule has 2 atom stereocenters. The van der Waals surface area contributed by atoms with Gasteiger partial charge in [0.25, 0.3) is 6.43 Å². The summed E-state index contributed by atoms with van der Waals surface area (Å²) < 4.78 is 32.1. The average molecular weight is 368 g/mol. The van der Waals surface area contributed by atoms with E-state index in [1.54, 1.807) is 6.08 Å². The number of rotatable bonds is 12. The number of alkyl halides is 2. The van der Waals surface area contributed by atoms with Gasteiger partial charge in [0.1, 0.15) is 6.10 Å². The quantitative estimate of drug-likeness (QED) is 0.433. The molecule has 0 aliphatic heterocycles. The zero-order valence-electron chi connectivity index (χ0n) is 15.4. The molecule has 0 bridgehead atoms. The third kappa shape index (κ3) is 7.22. The SMILES string of the molecule is CCCCCC(C=Cc1ccccc1)OC(=O)C(N)(CCCN)C(F)F. The molecule has 0 heterocycles. The zero-order valence-corrected chi connectivity index (χ0v) is 15.4. The summed E-state index contributed by atoms with van der Waals surface area (Å²) >= 11 is 0. The second-order valence-corrected chi connectivity index (χ2v) is 6.44. The number of benzene rings is 1. The number of hydrogen-bond donors (Lipinski definition) is 2. The van der Waals surface area contributed by atoms with Gasteiger partial charge in [-0.2, -0.15) is 0 Å². The van der Waals surface area contributed by atoms with Crippen molar-refractivity contribution in [2.24, 2.45) is 11.5 Å². The molecule has 0 saturated carbocycles. The van der Waals surface area contributed by atoms with Gasteiger partial charge in [0.15, 0.2) is 5.54 Å². The Morgan fingerprint density at radius 2 is 1.92 bits per heavy atom. The maximum absolute atomic E-state index is 13.4. The Balaban J connectivity index is 2.84. The minimum Gasteiger partial charge on any atom is -0.457 e. The molecule has 1 rings (SSSR count). The van der Waals surface area contributed by atoms with E-state index in [0.29, 0.717) is 6.42 Å². The number of halogens is 2. The first-order valence-corrected chi connectivity index (χ1v) is 9.15. The second kappa shape index (κ2) is 11.8. The van der Waals surface area contributed by atoms with Gasteiger partial charge in [-0.05, 0) is 43.9 Å². The molecule has 2 unspecified atom stereocenters. The van der Waals surface area contributed by atoms with E-state index in [4.69, 9.17) is 16.2 Å². The standard InChI is InChI=1S/C20H30F2N2O2/c1-2-3-5-11-17(13-12-16-9-6-4-7-10-16)26-19(25)20(24,18(21)22)14-8-15-23/h4,6-7,9-10,12-13,17-18H,2-3,5,8,11,14-15,23-24H2,1H3. The fraction of sp³-hybridized carbons (Fsp3) is 0.550. The van der Waals surface area contributed by atoms with Gasteiger partial charge in [0, 0.05) is 0 Å². The summed E-state index contributed by atoms with van der Waals surface area (Å²) in [5.74, 6) is -1.07. The van der Waals surface area contributed by atoms with E-state index in [-0.39, 0.29) is 19.4 Å². The third-order valence-corrected chi connectivity index (χ3v) is 4.22. The van der Waals surface area contributed by atoms with E-state index in [1.807, 2.05) is 36.4 Å². The molecule has 0 spiro atoms. The monoisotopic (exact) mass is 368 g/mol. The van der Waals surface area contributed by atoms with Crippen LogP contribution in [0.1, 0.15) is 51.0 Å². The van der Waals surface area contributed by atoms with Crippen LogP contribution in [0, 0.1) is 0 Å². The van der Waals surface area contributed by atoms with Crippen LogP contribution in [0.15, 0.2) is 36.4 Å². The molecule has 0 fully saturated rings. The Labute approximate surface area is 154 Å². The van der Waals surface area contributed by atoms with Crippen molar-refractivity contribution in [3.05, 3.63) is 42.0 Å². The highest BCUT2D eigenvalue weighted by molar-refractivity contribution is 5.81. The first-order chi connectivity index (χ1) is 12.4. The van der Waals surface area contributed by atoms with Gasteiger partial charge in [0.05, 0.1) is 0 Å². The van der Waals surface area contributed by atoms with Crippen LogP contribution < -0.4 is 11.5 Å². The van der Waals surface area contributed by atoms with Crippen LogP contribution in [0.25, 0.3) is 6.08 Å². The summed E-state index contributed by atoms with van der Waals surface area (Å²) in [6, 6.07) is 9.52. The van der Waals surface area contributed by atoms with Crippen LogP contribution >= 0.6 is 0 Å². The molecule has 4 N–H and O–H groups in total. The second-order valence-electron chi connectivity index (χ2n) is 6.44. The van der Waals surface area contributed by atoms with Crippen LogP contribution in [0.5, 0.6) is 0 Å². The summed E-state index contributed by atoms with van der Waals surface area (Å²) in [4.78, 5) is 12.4. The maximum Gasteiger partial charge on any atom is 0.332 e. The number of esters is 1. The largest absolute Gasteiger partial charge is 0.457 e. The fourth-order valence-corrected chi connectivity index (χ4v) is 2.51. The maximum atomic E-state index is 13.4. The Morgan fingerprint density at radius 3 is 2.50 bits per heavy atom. The van der Waals surface area contributed by atoms with E-state index in [9.17, 15) is 13.6 Å². The molecule has 0 amide bonds. The highest BCUT2D eigenvalue weighted by Gasteiger charge is 2.45. The van der Waals surface area contributed by atoms with E-state index in [1.165, 1.54) is 0 Å². The lowest BCUT2D eigenvalue weighted by Gasteiger charge is -2.28. The van der Waals surface area contributed by atoms with E-state index in [0.717, 1.165) is 24.8 Å². The van der Waals surface area contributed by atoms with Crippen molar-refractivity contribution >= 4 is 12.0 Å². The van der Waals surface area contributed by atoms with Gasteiger partial charge in [-0.15, -0.1) is 0 Å². The number of hydrogen-bond acceptors (Lipinski definition) is 4. The van der Waals surface area contributed by atoms with E-state index >= 15 is 0 Å². The predicted octanol–water partition coefficient (Wildman–Crippen LogP) is 3.89. The van der Waals surface area contributed by atoms with Crippen LogP contribution in [0.4, 0.5) is 8.78 Å². The molecule has 1 aromatic carbocycles. The van der Waals surface area contributed by atoms with Crippen LogP contribution in [0.2, 0.25) is 0 Å². The minimum atomic E-state index is -3.00. The molecule has 4 nitrogen and oxygen atoms in total. The van der Waals surface area contributed by atoms with Crippen molar-refractivity contribution in [1.82, 2.24) is 0 Å². The molecule has 0 aromatic heterocycles. The first-order valence-electron chi connectivity index (χ1n) is 9.15. The molecule has 0 aliphatic carbocycles. The van der Waals surface area contributed by atoms with Crippen molar-refractivity contribution in [3.63, 3.8) is 0 Å². The molecule has 0 saturated heterocycles. The summed E-state index contributed by atoms with van der Waals surface area (Å²) in [6.45, 7) is 2.25. The molecule has 26 heavy (non-hydrogen) atoms. The van der Waals surface area contributed by atoms with Gasteiger partial charge in [-0.25, -0.2) is 13.6 Å². The van der Waals surface area contributed by atoms with Crippen molar-refractivity contribution in [1.29, 1.82) is 0 Å². The van der Waals surface area contributed by atoms with Gasteiger partial charge in [-0.1, -0.05) is 56.2 Å². The van der Waals surface area contributed by atoms with Crippen molar-refractivity contribution < 1.29 is 18.3 Å². The van der Waals surface area contributed by atoms with Gasteiger partial charge in [-0.3, -0.25) is 0 Å². The first kappa shape index (κ1) is 22.3. The fourth-order valence-electron chi connectivity index (χ4n) is 2.51. The highest BCUT2D eigenvalue weighted by atomic mass is 19.3. The Morgan fingerprint density at radius 1 is 1.23 bits per heavy atom. The molecular weight excluding hydrogens is 338 g/mol. The van der Waals surface area contributed by atoms with E-state index in [2.05, 4.69) is 6.92 Å². The topological polar surface area (TPSA) is 78.3 Å². The zero-order chi connectivity index (χ0) is 19.4. The van der Waals surface area contributed by atoms with Gasteiger partial charge >= 0.3 is 5.97 Å². The third-order valence-electron chi connectivity index (χ3n) is 4.22. The highest BCUT2D eigenvalue weighted by Crippen LogP contribution is 2.23. The van der Waals surface area contributed by atoms with Crippen molar-refractivity contribution in [2.75, 3.05) is 6.54 Å². The lowest BCUT2D eigenvalue weighted by atomic mass is 9.95. The summed E-state index contributed by atoms with van der Waals surface area (Å²) in [6.07, 6.45) is 3.38. The molecule has 0 radical (unpaired) electrons. The number of ether oxygens (including phenoxy) is 1. The molecule has 146 valence electrons. The molecule has 0 aliphatic rings. The van der Waals surface area contributed by atoms with Crippen molar-refractivity contribution in [3.8, 4) is 0 Å². The van der Waals surface area contributed by atoms with Crippen LogP contribution in [-0.2, 0) is 9.53 Å².